The number of halogens is 3. The Morgan fingerprint density at radius 1 is 0.864 bits per heavy atom. The second kappa shape index (κ2) is 12.5. The molecule has 0 heterocycles. The Bertz CT molecular complexity index is 1740. The number of rotatable bonds is 7. The van der Waals surface area contributed by atoms with Crippen molar-refractivity contribution < 1.29 is 27.9 Å². The highest BCUT2D eigenvalue weighted by Crippen LogP contribution is 2.41. The molecule has 0 saturated carbocycles. The van der Waals surface area contributed by atoms with Crippen molar-refractivity contribution in [1.82, 2.24) is 5.32 Å². The first-order valence-corrected chi connectivity index (χ1v) is 14.6. The molecule has 0 saturated heterocycles. The molecule has 2 unspecified atom stereocenters. The lowest BCUT2D eigenvalue weighted by atomic mass is 9.80. The van der Waals surface area contributed by atoms with Crippen LogP contribution in [0.3, 0.4) is 0 Å². The minimum atomic E-state index is -4.44. The van der Waals surface area contributed by atoms with E-state index in [0.717, 1.165) is 52.8 Å². The maximum Gasteiger partial charge on any atom is 0.416 e. The monoisotopic (exact) mass is 597 g/mol. The molecule has 4 aromatic carbocycles. The third-order valence-corrected chi connectivity index (χ3v) is 8.75. The van der Waals surface area contributed by atoms with Crippen LogP contribution in [0.5, 0.6) is 0 Å². The van der Waals surface area contributed by atoms with Crippen molar-refractivity contribution in [3.05, 3.63) is 136 Å². The van der Waals surface area contributed by atoms with Gasteiger partial charge in [0.05, 0.1) is 11.1 Å². The molecule has 0 bridgehead atoms. The number of hydrogen-bond donors (Lipinski definition) is 2. The van der Waals surface area contributed by atoms with Gasteiger partial charge in [-0.2, -0.15) is 13.2 Å². The third kappa shape index (κ3) is 6.62. The van der Waals surface area contributed by atoms with Crippen LogP contribution < -0.4 is 5.32 Å². The third-order valence-electron chi connectivity index (χ3n) is 8.75. The van der Waals surface area contributed by atoms with Crippen LogP contribution in [-0.4, -0.2) is 17.0 Å². The molecule has 1 aliphatic carbocycles. The van der Waals surface area contributed by atoms with E-state index in [4.69, 9.17) is 0 Å². The Morgan fingerprint density at radius 3 is 2.30 bits per heavy atom. The number of allylic oxidation sites excluding steroid dienone is 2. The summed E-state index contributed by atoms with van der Waals surface area (Å²) in [4.78, 5) is 24.7. The predicted molar refractivity (Wildman–Crippen MR) is 166 cm³/mol. The SMILES string of the molecule is CC1=C(C)c2cc(C(=O)NCc3cccc(C(F)(F)F)c3)ccc2C(C)C(Cc2ccc(-c3ccccc3C(=O)O)cc2)C1. The minimum absolute atomic E-state index is 0.00710. The number of alkyl halides is 3. The molecule has 0 aliphatic heterocycles. The summed E-state index contributed by atoms with van der Waals surface area (Å²) < 4.78 is 39.2. The van der Waals surface area contributed by atoms with Gasteiger partial charge in [-0.3, -0.25) is 4.79 Å². The van der Waals surface area contributed by atoms with Crippen molar-refractivity contribution in [2.45, 2.75) is 52.3 Å². The van der Waals surface area contributed by atoms with Gasteiger partial charge in [0.1, 0.15) is 0 Å². The zero-order valence-electron chi connectivity index (χ0n) is 24.8. The lowest BCUT2D eigenvalue weighted by Gasteiger charge is -2.24. The number of aromatic carboxylic acids is 1. The van der Waals surface area contributed by atoms with Gasteiger partial charge in [-0.15, -0.1) is 0 Å². The maximum atomic E-state index is 13.1. The highest BCUT2D eigenvalue weighted by atomic mass is 19.4. The van der Waals surface area contributed by atoms with Crippen LogP contribution in [0.25, 0.3) is 16.7 Å². The van der Waals surface area contributed by atoms with Gasteiger partial charge < -0.3 is 10.4 Å². The summed E-state index contributed by atoms with van der Waals surface area (Å²) >= 11 is 0. The van der Waals surface area contributed by atoms with E-state index in [-0.39, 0.29) is 23.9 Å². The first kappa shape index (κ1) is 30.8. The van der Waals surface area contributed by atoms with Gasteiger partial charge in [0.2, 0.25) is 0 Å². The zero-order valence-corrected chi connectivity index (χ0v) is 24.8. The number of fused-ring (bicyclic) bond motifs is 1. The molecule has 1 aliphatic rings. The molecule has 2 atom stereocenters. The molecule has 44 heavy (non-hydrogen) atoms. The van der Waals surface area contributed by atoms with Gasteiger partial charge in [0.25, 0.3) is 5.91 Å². The van der Waals surface area contributed by atoms with E-state index in [0.29, 0.717) is 22.6 Å². The van der Waals surface area contributed by atoms with Gasteiger partial charge in [0, 0.05) is 12.1 Å². The van der Waals surface area contributed by atoms with Gasteiger partial charge in [-0.25, -0.2) is 4.79 Å². The predicted octanol–water partition coefficient (Wildman–Crippen LogP) is 9.16. The van der Waals surface area contributed by atoms with Crippen molar-refractivity contribution in [3.63, 3.8) is 0 Å². The molecule has 4 aromatic rings. The maximum absolute atomic E-state index is 13.1. The minimum Gasteiger partial charge on any atom is -0.478 e. The van der Waals surface area contributed by atoms with E-state index in [9.17, 15) is 27.9 Å². The molecular formula is C37H34F3NO3. The van der Waals surface area contributed by atoms with Crippen molar-refractivity contribution in [2.75, 3.05) is 0 Å². The highest BCUT2D eigenvalue weighted by molar-refractivity contribution is 5.96. The summed E-state index contributed by atoms with van der Waals surface area (Å²) in [6.45, 7) is 6.39. The number of nitrogens with one attached hydrogen (secondary N) is 1. The molecule has 226 valence electrons. The second-order valence-electron chi connectivity index (χ2n) is 11.6. The fourth-order valence-corrected chi connectivity index (χ4v) is 6.06. The summed E-state index contributed by atoms with van der Waals surface area (Å²) in [5.74, 6) is -0.783. The molecule has 0 spiro atoms. The number of benzene rings is 4. The van der Waals surface area contributed by atoms with Crippen LogP contribution in [0.1, 0.15) is 81.6 Å². The topological polar surface area (TPSA) is 66.4 Å². The summed E-state index contributed by atoms with van der Waals surface area (Å²) in [5.41, 5.74) is 7.63. The number of amides is 1. The Kier molecular flexibility index (Phi) is 8.77. The van der Waals surface area contributed by atoms with Crippen LogP contribution >= 0.6 is 0 Å². The number of carboxylic acid groups (broad SMARTS) is 1. The Balaban J connectivity index is 1.33. The van der Waals surface area contributed by atoms with Crippen LogP contribution in [0.15, 0.2) is 96.6 Å². The number of hydrogen-bond acceptors (Lipinski definition) is 2. The van der Waals surface area contributed by atoms with Crippen molar-refractivity contribution in [1.29, 1.82) is 0 Å². The van der Waals surface area contributed by atoms with E-state index >= 15 is 0 Å². The average molecular weight is 598 g/mol. The largest absolute Gasteiger partial charge is 0.478 e. The summed E-state index contributed by atoms with van der Waals surface area (Å²) in [6.07, 6.45) is -2.71. The van der Waals surface area contributed by atoms with Crippen LogP contribution in [0, 0.1) is 5.92 Å². The summed E-state index contributed by atoms with van der Waals surface area (Å²) in [5, 5.41) is 12.3. The number of carboxylic acids is 1. The fraction of sp³-hybridized carbons (Fsp3) is 0.243. The van der Waals surface area contributed by atoms with Gasteiger partial charge in [-0.05, 0) is 108 Å². The van der Waals surface area contributed by atoms with Crippen LogP contribution in [0.2, 0.25) is 0 Å². The molecule has 0 fully saturated rings. The van der Waals surface area contributed by atoms with Gasteiger partial charge in [0.15, 0.2) is 0 Å². The Morgan fingerprint density at radius 2 is 1.59 bits per heavy atom. The molecule has 7 heteroatoms. The standard InChI is InChI=1S/C37H34F3NO3/c1-22-17-29(18-25-11-13-27(14-12-25)32-9-4-5-10-33(32)36(43)44)24(3)31-16-15-28(20-34(31)23(22)2)35(42)41-21-26-7-6-8-30(19-26)37(38,39)40/h4-16,19-20,24,29H,17-18,21H2,1-3H3,(H,41,42)(H,43,44). The summed E-state index contributed by atoms with van der Waals surface area (Å²) in [7, 11) is 0. The second-order valence-corrected chi connectivity index (χ2v) is 11.6. The average Bonchev–Trinajstić information content (AvgIpc) is 3.10. The van der Waals surface area contributed by atoms with E-state index in [1.807, 2.05) is 36.4 Å². The Labute approximate surface area is 255 Å². The lowest BCUT2D eigenvalue weighted by molar-refractivity contribution is -0.137. The van der Waals surface area contributed by atoms with Crippen LogP contribution in [0.4, 0.5) is 13.2 Å². The van der Waals surface area contributed by atoms with Gasteiger partial charge in [-0.1, -0.05) is 73.2 Å². The van der Waals surface area contributed by atoms with E-state index in [2.05, 4.69) is 38.2 Å². The quantitative estimate of drug-likeness (QED) is 0.223. The molecule has 1 amide bonds. The smallest absolute Gasteiger partial charge is 0.416 e. The van der Waals surface area contributed by atoms with Gasteiger partial charge >= 0.3 is 12.1 Å². The van der Waals surface area contributed by atoms with Crippen molar-refractivity contribution in [3.8, 4) is 11.1 Å². The normalized spacial score (nSPS) is 16.7. The molecule has 2 N–H and O–H groups in total. The van der Waals surface area contributed by atoms with Crippen molar-refractivity contribution >= 4 is 17.4 Å². The lowest BCUT2D eigenvalue weighted by Crippen LogP contribution is -2.23. The summed E-state index contributed by atoms with van der Waals surface area (Å²) in [6, 6.07) is 25.7. The van der Waals surface area contributed by atoms with E-state index < -0.39 is 17.7 Å². The molecule has 0 radical (unpaired) electrons. The zero-order chi connectivity index (χ0) is 31.6. The molecule has 5 rings (SSSR count). The first-order chi connectivity index (χ1) is 20.9. The molecule has 4 nitrogen and oxygen atoms in total. The van der Waals surface area contributed by atoms with Crippen LogP contribution in [-0.2, 0) is 19.1 Å². The molecule has 0 aromatic heterocycles. The van der Waals surface area contributed by atoms with Crippen molar-refractivity contribution in [2.24, 2.45) is 5.92 Å². The fourth-order valence-electron chi connectivity index (χ4n) is 6.06. The number of carbonyl (C=O) groups is 2. The highest BCUT2D eigenvalue weighted by Gasteiger charge is 2.30. The first-order valence-electron chi connectivity index (χ1n) is 14.6. The van der Waals surface area contributed by atoms with E-state index in [1.54, 1.807) is 24.3 Å². The number of carbonyl (C=O) groups excluding carboxylic acids is 1. The van der Waals surface area contributed by atoms with E-state index in [1.165, 1.54) is 11.6 Å². The Hall–Kier alpha value is -4.65. The molecular weight excluding hydrogens is 563 g/mol.